The Morgan fingerprint density at radius 3 is 2.19 bits per heavy atom. The first-order valence-electron chi connectivity index (χ1n) is 11.8. The number of quaternary nitrogens is 1. The van der Waals surface area contributed by atoms with Crippen molar-refractivity contribution < 1.29 is 33.8 Å². The first-order valence-corrected chi connectivity index (χ1v) is 11.8. The minimum Gasteiger partial charge on any atom is -0.544 e. The van der Waals surface area contributed by atoms with Crippen molar-refractivity contribution in [3.8, 4) is 0 Å². The number of aliphatic carboxylic acids is 1. The number of carboxylic acids is 1. The number of allylic oxidation sites excluding steroid dienone is 2. The number of rotatable bonds is 20. The zero-order chi connectivity index (χ0) is 23.5. The molecule has 0 amide bonds. The van der Waals surface area contributed by atoms with Crippen LogP contribution in [0.5, 0.6) is 0 Å². The van der Waals surface area contributed by atoms with Crippen molar-refractivity contribution in [1.29, 1.82) is 0 Å². The maximum atomic E-state index is 11.8. The molecular weight excluding hydrogens is 398 g/mol. The molecular formula is C24H45NO6. The van der Waals surface area contributed by atoms with Crippen LogP contribution in [-0.2, 0) is 19.1 Å². The van der Waals surface area contributed by atoms with Gasteiger partial charge in [-0.25, -0.2) is 0 Å². The van der Waals surface area contributed by atoms with Gasteiger partial charge >= 0.3 is 5.97 Å². The minimum atomic E-state index is -1.12. The van der Waals surface area contributed by atoms with E-state index >= 15 is 0 Å². The molecule has 0 rings (SSSR count). The predicted octanol–water partition coefficient (Wildman–Crippen LogP) is 2.60. The predicted molar refractivity (Wildman–Crippen MR) is 120 cm³/mol. The molecule has 7 nitrogen and oxygen atoms in total. The molecule has 0 saturated carbocycles. The molecule has 0 bridgehead atoms. The molecule has 0 aliphatic heterocycles. The summed E-state index contributed by atoms with van der Waals surface area (Å²) < 4.78 is 10.6. The molecule has 0 heterocycles. The Bertz CT molecular complexity index is 501. The molecule has 0 saturated heterocycles. The van der Waals surface area contributed by atoms with Crippen LogP contribution in [0.1, 0.15) is 77.6 Å². The maximum Gasteiger partial charge on any atom is 0.305 e. The Morgan fingerprint density at radius 1 is 0.968 bits per heavy atom. The highest BCUT2D eigenvalue weighted by molar-refractivity contribution is 5.69. The number of carboxylic acid groups (broad SMARTS) is 1. The standard InChI is InChI=1S/C24H45NO6/c1-5-6-7-8-9-10-11-12-13-14-15-16-23(27)31-20-21(26)19-30-18-17-22(24(28)29)25(2,3)4/h8-9,21-22,26H,5-7,10-20H2,1-4H3/b9-8+. The average Bonchev–Trinajstić information content (AvgIpc) is 2.69. The summed E-state index contributed by atoms with van der Waals surface area (Å²) in [5.41, 5.74) is 0. The third-order valence-electron chi connectivity index (χ3n) is 5.13. The van der Waals surface area contributed by atoms with Crippen LogP contribution in [0.2, 0.25) is 0 Å². The first kappa shape index (κ1) is 29.6. The normalized spacial score (nSPS) is 14.0. The van der Waals surface area contributed by atoms with Crippen LogP contribution >= 0.6 is 0 Å². The molecule has 0 spiro atoms. The second kappa shape index (κ2) is 18.2. The molecule has 1 N–H and O–H groups in total. The highest BCUT2D eigenvalue weighted by Crippen LogP contribution is 2.09. The summed E-state index contributed by atoms with van der Waals surface area (Å²) in [6.07, 6.45) is 14.4. The van der Waals surface area contributed by atoms with Gasteiger partial charge in [0, 0.05) is 12.8 Å². The van der Waals surface area contributed by atoms with Gasteiger partial charge in [-0.3, -0.25) is 4.79 Å². The van der Waals surface area contributed by atoms with Gasteiger partial charge in [0.05, 0.1) is 40.3 Å². The Kier molecular flexibility index (Phi) is 17.3. The lowest BCUT2D eigenvalue weighted by atomic mass is 10.1. The molecule has 0 aromatic carbocycles. The number of aliphatic hydroxyl groups excluding tert-OH is 1. The fraction of sp³-hybridized carbons (Fsp3) is 0.833. The van der Waals surface area contributed by atoms with Crippen LogP contribution in [-0.4, -0.2) is 74.6 Å². The molecule has 0 aromatic heterocycles. The minimum absolute atomic E-state index is 0.00290. The summed E-state index contributed by atoms with van der Waals surface area (Å²) in [6, 6.07) is -0.683. The van der Waals surface area contributed by atoms with E-state index in [1.165, 1.54) is 32.1 Å². The van der Waals surface area contributed by atoms with E-state index in [0.717, 1.165) is 25.7 Å². The second-order valence-corrected chi connectivity index (χ2v) is 9.07. The smallest absolute Gasteiger partial charge is 0.305 e. The zero-order valence-electron chi connectivity index (χ0n) is 20.1. The monoisotopic (exact) mass is 443 g/mol. The van der Waals surface area contributed by atoms with Crippen LogP contribution < -0.4 is 5.11 Å². The van der Waals surface area contributed by atoms with Gasteiger partial charge < -0.3 is 29.0 Å². The Morgan fingerprint density at radius 2 is 1.58 bits per heavy atom. The van der Waals surface area contributed by atoms with Gasteiger partial charge in [-0.15, -0.1) is 0 Å². The molecule has 0 aromatic rings. The highest BCUT2D eigenvalue weighted by atomic mass is 16.5. The molecule has 0 aliphatic carbocycles. The summed E-state index contributed by atoms with van der Waals surface area (Å²) in [7, 11) is 5.34. The third-order valence-corrected chi connectivity index (χ3v) is 5.13. The number of esters is 1. The lowest BCUT2D eigenvalue weighted by molar-refractivity contribution is -0.889. The van der Waals surface area contributed by atoms with E-state index in [1.807, 2.05) is 0 Å². The number of nitrogens with zero attached hydrogens (tertiary/aromatic N) is 1. The fourth-order valence-corrected chi connectivity index (χ4v) is 3.16. The van der Waals surface area contributed by atoms with E-state index in [9.17, 15) is 19.8 Å². The van der Waals surface area contributed by atoms with Crippen LogP contribution in [0.4, 0.5) is 0 Å². The highest BCUT2D eigenvalue weighted by Gasteiger charge is 2.24. The lowest BCUT2D eigenvalue weighted by Gasteiger charge is -2.34. The van der Waals surface area contributed by atoms with E-state index in [1.54, 1.807) is 21.1 Å². The van der Waals surface area contributed by atoms with Crippen LogP contribution in [0.25, 0.3) is 0 Å². The van der Waals surface area contributed by atoms with Gasteiger partial charge in [0.15, 0.2) is 0 Å². The lowest BCUT2D eigenvalue weighted by Crippen LogP contribution is -2.55. The van der Waals surface area contributed by atoms with E-state index in [2.05, 4.69) is 19.1 Å². The summed E-state index contributed by atoms with van der Waals surface area (Å²) >= 11 is 0. The Balaban J connectivity index is 3.65. The molecule has 182 valence electrons. The van der Waals surface area contributed by atoms with Crippen molar-refractivity contribution in [2.24, 2.45) is 0 Å². The molecule has 0 fully saturated rings. The number of carbonyl (C=O) groups excluding carboxylic acids is 2. The average molecular weight is 444 g/mol. The summed E-state index contributed by atoms with van der Waals surface area (Å²) in [4.78, 5) is 22.9. The molecule has 0 aliphatic rings. The van der Waals surface area contributed by atoms with Gasteiger partial charge in [0.2, 0.25) is 0 Å². The SMILES string of the molecule is CCCC/C=C/CCCCCCCC(=O)OCC(O)COCCC(C(=O)[O-])[N+](C)(C)C. The molecule has 2 atom stereocenters. The number of ether oxygens (including phenoxy) is 2. The number of hydrogen-bond donors (Lipinski definition) is 1. The van der Waals surface area contributed by atoms with Crippen molar-refractivity contribution in [2.45, 2.75) is 89.7 Å². The summed E-state index contributed by atoms with van der Waals surface area (Å²) in [5, 5.41) is 21.0. The van der Waals surface area contributed by atoms with E-state index in [0.29, 0.717) is 6.42 Å². The van der Waals surface area contributed by atoms with E-state index in [-0.39, 0.29) is 36.7 Å². The number of aliphatic hydroxyl groups is 1. The van der Waals surface area contributed by atoms with Crippen molar-refractivity contribution in [1.82, 2.24) is 0 Å². The van der Waals surface area contributed by atoms with Crippen molar-refractivity contribution >= 4 is 11.9 Å². The zero-order valence-corrected chi connectivity index (χ0v) is 20.1. The Hall–Kier alpha value is -1.44. The van der Waals surface area contributed by atoms with E-state index < -0.39 is 18.1 Å². The molecule has 2 unspecified atom stereocenters. The summed E-state index contributed by atoms with van der Waals surface area (Å²) in [5.74, 6) is -1.43. The van der Waals surface area contributed by atoms with Gasteiger partial charge in [0.25, 0.3) is 0 Å². The van der Waals surface area contributed by atoms with Crippen molar-refractivity contribution in [3.63, 3.8) is 0 Å². The van der Waals surface area contributed by atoms with Crippen LogP contribution in [0.3, 0.4) is 0 Å². The quantitative estimate of drug-likeness (QED) is 0.134. The third kappa shape index (κ3) is 17.9. The number of carbonyl (C=O) groups is 2. The van der Waals surface area contributed by atoms with Crippen molar-refractivity contribution in [3.05, 3.63) is 12.2 Å². The molecule has 7 heteroatoms. The summed E-state index contributed by atoms with van der Waals surface area (Å²) in [6.45, 7) is 2.28. The Labute approximate surface area is 189 Å². The number of hydrogen-bond acceptors (Lipinski definition) is 6. The van der Waals surface area contributed by atoms with Crippen LogP contribution in [0, 0.1) is 0 Å². The molecule has 31 heavy (non-hydrogen) atoms. The largest absolute Gasteiger partial charge is 0.544 e. The topological polar surface area (TPSA) is 95.9 Å². The number of unbranched alkanes of at least 4 members (excludes halogenated alkanes) is 7. The van der Waals surface area contributed by atoms with Gasteiger partial charge in [-0.1, -0.05) is 51.2 Å². The van der Waals surface area contributed by atoms with Gasteiger partial charge in [0.1, 0.15) is 18.8 Å². The van der Waals surface area contributed by atoms with Gasteiger partial charge in [-0.2, -0.15) is 0 Å². The first-order chi connectivity index (χ1) is 14.7. The molecule has 0 radical (unpaired) electrons. The fourth-order valence-electron chi connectivity index (χ4n) is 3.16. The van der Waals surface area contributed by atoms with E-state index in [4.69, 9.17) is 9.47 Å². The maximum absolute atomic E-state index is 11.8. The van der Waals surface area contributed by atoms with Crippen molar-refractivity contribution in [2.75, 3.05) is 41.0 Å². The van der Waals surface area contributed by atoms with Gasteiger partial charge in [-0.05, 0) is 25.7 Å². The second-order valence-electron chi connectivity index (χ2n) is 9.07. The van der Waals surface area contributed by atoms with Crippen LogP contribution in [0.15, 0.2) is 12.2 Å². The number of likely N-dealkylation sites (N-methyl/N-ethyl adjacent to an activating group) is 1.